The molecule has 0 spiro atoms. The summed E-state index contributed by atoms with van der Waals surface area (Å²) in [6.07, 6.45) is 3.38. The molecule has 0 aliphatic carbocycles. The Kier molecular flexibility index (Phi) is 8.29. The number of para-hydroxylation sites is 2. The van der Waals surface area contributed by atoms with Crippen LogP contribution in [0.2, 0.25) is 0 Å². The van der Waals surface area contributed by atoms with Gasteiger partial charge in [0.2, 0.25) is 0 Å². The highest BCUT2D eigenvalue weighted by atomic mass is 35.5. The fourth-order valence-corrected chi connectivity index (χ4v) is 6.11. The molecule has 4 aromatic heterocycles. The number of unbranched alkanes of at least 4 members (excludes halogenated alkanes) is 2. The molecule has 4 nitrogen and oxygen atoms in total. The number of thiophene rings is 2. The minimum absolute atomic E-state index is 0. The first-order valence-electron chi connectivity index (χ1n) is 11.4. The van der Waals surface area contributed by atoms with Crippen LogP contribution in [0.1, 0.15) is 19.3 Å². The molecule has 0 fully saturated rings. The maximum absolute atomic E-state index is 4.87. The number of rotatable bonds is 8. The molecule has 35 heavy (non-hydrogen) atoms. The highest BCUT2D eigenvalue weighted by Crippen LogP contribution is 2.33. The van der Waals surface area contributed by atoms with Crippen molar-refractivity contribution in [2.75, 3.05) is 23.7 Å². The van der Waals surface area contributed by atoms with Gasteiger partial charge < -0.3 is 10.6 Å². The number of nitrogens with zero attached hydrogens (tertiary/aromatic N) is 2. The molecule has 2 aromatic carbocycles. The number of aromatic nitrogens is 2. The van der Waals surface area contributed by atoms with Crippen molar-refractivity contribution in [1.82, 2.24) is 9.97 Å². The lowest BCUT2D eigenvalue weighted by Gasteiger charge is -2.11. The van der Waals surface area contributed by atoms with Gasteiger partial charge in [0.1, 0.15) is 11.6 Å². The lowest BCUT2D eigenvalue weighted by Crippen LogP contribution is -2.07. The molecule has 0 amide bonds. The normalized spacial score (nSPS) is 11.0. The van der Waals surface area contributed by atoms with Crippen LogP contribution < -0.4 is 10.6 Å². The Morgan fingerprint density at radius 3 is 1.43 bits per heavy atom. The number of anilines is 2. The molecular weight excluding hydrogens is 515 g/mol. The van der Waals surface area contributed by atoms with Gasteiger partial charge in [-0.1, -0.05) is 36.4 Å². The molecular formula is C27H26Cl2N4S2. The average molecular weight is 542 g/mol. The fraction of sp³-hybridized carbons (Fsp3) is 0.185. The van der Waals surface area contributed by atoms with Gasteiger partial charge >= 0.3 is 0 Å². The highest BCUT2D eigenvalue weighted by Gasteiger charge is 2.10. The summed E-state index contributed by atoms with van der Waals surface area (Å²) in [5.74, 6) is 2.01. The average Bonchev–Trinajstić information content (AvgIpc) is 3.54. The van der Waals surface area contributed by atoms with Crippen molar-refractivity contribution < 1.29 is 0 Å². The number of halogens is 2. The van der Waals surface area contributed by atoms with E-state index < -0.39 is 0 Å². The first kappa shape index (κ1) is 25.5. The van der Waals surface area contributed by atoms with Crippen molar-refractivity contribution in [3.63, 3.8) is 0 Å². The zero-order chi connectivity index (χ0) is 22.0. The number of pyridine rings is 2. The van der Waals surface area contributed by atoms with Crippen molar-refractivity contribution in [2.24, 2.45) is 0 Å². The van der Waals surface area contributed by atoms with Crippen LogP contribution in [0.3, 0.4) is 0 Å². The fourth-order valence-electron chi connectivity index (χ4n) is 4.45. The van der Waals surface area contributed by atoms with Gasteiger partial charge in [0.25, 0.3) is 0 Å². The second-order valence-corrected chi connectivity index (χ2v) is 9.75. The van der Waals surface area contributed by atoms with Gasteiger partial charge in [-0.15, -0.1) is 24.8 Å². The van der Waals surface area contributed by atoms with E-state index in [1.807, 2.05) is 0 Å². The molecule has 0 aliphatic heterocycles. The van der Waals surface area contributed by atoms with Crippen molar-refractivity contribution in [3.05, 3.63) is 70.1 Å². The Hall–Kier alpha value is -2.64. The second-order valence-electron chi connectivity index (χ2n) is 8.27. The van der Waals surface area contributed by atoms with Crippen molar-refractivity contribution in [2.45, 2.75) is 19.3 Å². The molecule has 0 bridgehead atoms. The second kappa shape index (κ2) is 11.4. The molecule has 2 N–H and O–H groups in total. The van der Waals surface area contributed by atoms with Crippen molar-refractivity contribution in [3.8, 4) is 0 Å². The summed E-state index contributed by atoms with van der Waals surface area (Å²) in [5, 5.41) is 23.5. The number of fused-ring (bicyclic) bond motifs is 6. The maximum atomic E-state index is 4.87. The Balaban J connectivity index is 0.00000144. The molecule has 8 heteroatoms. The van der Waals surface area contributed by atoms with Crippen LogP contribution in [-0.2, 0) is 0 Å². The summed E-state index contributed by atoms with van der Waals surface area (Å²) in [5.41, 5.74) is 2.11. The van der Waals surface area contributed by atoms with Gasteiger partial charge in [-0.2, -0.15) is 22.7 Å². The molecule has 180 valence electrons. The van der Waals surface area contributed by atoms with Gasteiger partial charge in [0, 0.05) is 56.2 Å². The smallest absolute Gasteiger partial charge is 0.135 e. The summed E-state index contributed by atoms with van der Waals surface area (Å²) in [7, 11) is 0. The van der Waals surface area contributed by atoms with Gasteiger partial charge in [0.05, 0.1) is 11.0 Å². The lowest BCUT2D eigenvalue weighted by atomic mass is 10.1. The minimum atomic E-state index is 0. The zero-order valence-corrected chi connectivity index (χ0v) is 22.3. The summed E-state index contributed by atoms with van der Waals surface area (Å²) in [6, 6.07) is 16.8. The Bertz CT molecular complexity index is 1460. The standard InChI is InChI=1S/C27H24N4S2.2ClH/c1(6-12-28-26-22-16-32-14-20(22)18-8-2-4-10-24(18)30-26)7-13-29-27-23-17-33-15-21(23)19-9-3-5-11-25(19)31-27;;/h2-5,8-11,14-17H,1,6-7,12-13H2,(H,28,30)(H,29,31);2*1H. The summed E-state index contributed by atoms with van der Waals surface area (Å²) >= 11 is 3.48. The van der Waals surface area contributed by atoms with E-state index in [1.54, 1.807) is 22.7 Å². The van der Waals surface area contributed by atoms with Crippen LogP contribution >= 0.6 is 47.5 Å². The minimum Gasteiger partial charge on any atom is -0.370 e. The third-order valence-corrected chi connectivity index (χ3v) is 7.61. The van der Waals surface area contributed by atoms with Gasteiger partial charge in [-0.25, -0.2) is 9.97 Å². The van der Waals surface area contributed by atoms with E-state index in [0.29, 0.717) is 0 Å². The molecule has 6 rings (SSSR count). The van der Waals surface area contributed by atoms with Crippen LogP contribution in [0, 0.1) is 0 Å². The Morgan fingerprint density at radius 2 is 0.943 bits per heavy atom. The Labute approximate surface area is 224 Å². The maximum Gasteiger partial charge on any atom is 0.135 e. The van der Waals surface area contributed by atoms with E-state index in [-0.39, 0.29) is 24.8 Å². The summed E-state index contributed by atoms with van der Waals surface area (Å²) in [4.78, 5) is 9.75. The Morgan fingerprint density at radius 1 is 0.514 bits per heavy atom. The number of hydrogen-bond acceptors (Lipinski definition) is 6. The van der Waals surface area contributed by atoms with E-state index in [9.17, 15) is 0 Å². The largest absolute Gasteiger partial charge is 0.370 e. The number of nitrogens with one attached hydrogen (secondary N) is 2. The predicted molar refractivity (Wildman–Crippen MR) is 160 cm³/mol. The molecule has 0 radical (unpaired) electrons. The summed E-state index contributed by atoms with van der Waals surface area (Å²) < 4.78 is 0. The summed E-state index contributed by atoms with van der Waals surface area (Å²) in [6.45, 7) is 1.86. The molecule has 0 saturated carbocycles. The van der Waals surface area contributed by atoms with E-state index in [2.05, 4.69) is 80.7 Å². The molecule has 0 atom stereocenters. The monoisotopic (exact) mass is 540 g/mol. The number of benzene rings is 2. The lowest BCUT2D eigenvalue weighted by molar-refractivity contribution is 0.720. The van der Waals surface area contributed by atoms with Crippen molar-refractivity contribution in [1.29, 1.82) is 0 Å². The molecule has 6 aromatic rings. The van der Waals surface area contributed by atoms with E-state index in [1.165, 1.54) is 32.3 Å². The topological polar surface area (TPSA) is 49.8 Å². The van der Waals surface area contributed by atoms with Gasteiger partial charge in [0.15, 0.2) is 0 Å². The van der Waals surface area contributed by atoms with Crippen molar-refractivity contribution >= 4 is 102 Å². The molecule has 4 heterocycles. The molecule has 0 aliphatic rings. The predicted octanol–water partition coefficient (Wildman–Crippen LogP) is 8.75. The van der Waals surface area contributed by atoms with Crippen LogP contribution in [0.15, 0.2) is 70.1 Å². The van der Waals surface area contributed by atoms with Crippen LogP contribution in [0.4, 0.5) is 11.6 Å². The van der Waals surface area contributed by atoms with E-state index in [0.717, 1.165) is 55.0 Å². The first-order valence-corrected chi connectivity index (χ1v) is 13.2. The quantitative estimate of drug-likeness (QED) is 0.189. The van der Waals surface area contributed by atoms with Crippen LogP contribution in [-0.4, -0.2) is 23.1 Å². The number of hydrogen-bond donors (Lipinski definition) is 2. The third-order valence-electron chi connectivity index (χ3n) is 6.13. The van der Waals surface area contributed by atoms with E-state index in [4.69, 9.17) is 9.97 Å². The van der Waals surface area contributed by atoms with Gasteiger partial charge in [-0.05, 0) is 42.2 Å². The molecule has 0 saturated heterocycles. The van der Waals surface area contributed by atoms with Gasteiger partial charge in [-0.3, -0.25) is 0 Å². The molecule has 0 unspecified atom stereocenters. The third kappa shape index (κ3) is 5.02. The van der Waals surface area contributed by atoms with Crippen LogP contribution in [0.25, 0.3) is 43.4 Å². The first-order chi connectivity index (χ1) is 16.4. The van der Waals surface area contributed by atoms with Crippen LogP contribution in [0.5, 0.6) is 0 Å². The zero-order valence-electron chi connectivity index (χ0n) is 19.0. The van der Waals surface area contributed by atoms with E-state index >= 15 is 0 Å². The SMILES string of the molecule is Cl.Cl.c1ccc2c(c1)nc(NCCCCCNc1nc3ccccc3c3cscc13)c1cscc12. The highest BCUT2D eigenvalue weighted by molar-refractivity contribution is 7.09.